The Labute approximate surface area is 96.0 Å². The summed E-state index contributed by atoms with van der Waals surface area (Å²) in [6, 6.07) is 5.39. The molecule has 0 heterocycles. The molecule has 0 saturated heterocycles. The number of carbonyl (C=O) groups is 1. The molecule has 0 spiro atoms. The number of carboxylic acid groups (broad SMARTS) is 1. The van der Waals surface area contributed by atoms with Crippen molar-refractivity contribution in [2.45, 2.75) is 13.8 Å². The summed E-state index contributed by atoms with van der Waals surface area (Å²) in [6.07, 6.45) is 1.84. The summed E-state index contributed by atoms with van der Waals surface area (Å²) in [4.78, 5) is 13.0. The standard InChI is InChI=1S/C13H17NO2/c1-4-8-14(5-2)11-6-7-12(13(15)16)10(3)9-11/h4,6-7,9H,1,5,8H2,2-3H3,(H,15,16). The third kappa shape index (κ3) is 2.63. The molecule has 0 unspecified atom stereocenters. The first-order valence-electron chi connectivity index (χ1n) is 5.30. The first kappa shape index (κ1) is 12.3. The van der Waals surface area contributed by atoms with Crippen molar-refractivity contribution in [3.05, 3.63) is 42.0 Å². The van der Waals surface area contributed by atoms with E-state index in [1.807, 2.05) is 25.1 Å². The largest absolute Gasteiger partial charge is 0.478 e. The monoisotopic (exact) mass is 219 g/mol. The predicted molar refractivity (Wildman–Crippen MR) is 66.2 cm³/mol. The summed E-state index contributed by atoms with van der Waals surface area (Å²) in [5, 5.41) is 8.93. The van der Waals surface area contributed by atoms with Crippen molar-refractivity contribution in [2.24, 2.45) is 0 Å². The highest BCUT2D eigenvalue weighted by Gasteiger charge is 2.09. The van der Waals surface area contributed by atoms with Gasteiger partial charge in [-0.15, -0.1) is 6.58 Å². The molecular formula is C13H17NO2. The lowest BCUT2D eigenvalue weighted by Gasteiger charge is -2.22. The molecule has 0 aromatic heterocycles. The van der Waals surface area contributed by atoms with Crippen LogP contribution in [-0.2, 0) is 0 Å². The third-order valence-corrected chi connectivity index (χ3v) is 2.54. The summed E-state index contributed by atoms with van der Waals surface area (Å²) >= 11 is 0. The van der Waals surface area contributed by atoms with Gasteiger partial charge in [0.05, 0.1) is 5.56 Å². The van der Waals surface area contributed by atoms with Crippen molar-refractivity contribution in [1.29, 1.82) is 0 Å². The Bertz CT molecular complexity index is 399. The second-order valence-electron chi connectivity index (χ2n) is 3.63. The van der Waals surface area contributed by atoms with Crippen LogP contribution in [0, 0.1) is 6.92 Å². The molecule has 1 N–H and O–H groups in total. The zero-order valence-corrected chi connectivity index (χ0v) is 9.73. The molecule has 0 atom stereocenters. The number of anilines is 1. The summed E-state index contributed by atoms with van der Waals surface area (Å²) < 4.78 is 0. The number of hydrogen-bond acceptors (Lipinski definition) is 2. The second kappa shape index (κ2) is 5.35. The van der Waals surface area contributed by atoms with E-state index in [-0.39, 0.29) is 0 Å². The van der Waals surface area contributed by atoms with Crippen molar-refractivity contribution in [1.82, 2.24) is 0 Å². The lowest BCUT2D eigenvalue weighted by atomic mass is 10.1. The van der Waals surface area contributed by atoms with Crippen LogP contribution in [0.25, 0.3) is 0 Å². The summed E-state index contributed by atoms with van der Waals surface area (Å²) in [6.45, 7) is 9.22. The Balaban J connectivity index is 3.03. The number of likely N-dealkylation sites (N-methyl/N-ethyl adjacent to an activating group) is 1. The first-order valence-corrected chi connectivity index (χ1v) is 5.30. The van der Waals surface area contributed by atoms with Gasteiger partial charge in [-0.1, -0.05) is 6.08 Å². The number of nitrogens with zero attached hydrogens (tertiary/aromatic N) is 1. The molecule has 0 aliphatic carbocycles. The van der Waals surface area contributed by atoms with Crippen LogP contribution < -0.4 is 4.90 Å². The van der Waals surface area contributed by atoms with E-state index in [1.54, 1.807) is 6.07 Å². The Morgan fingerprint density at radius 2 is 2.25 bits per heavy atom. The van der Waals surface area contributed by atoms with Crippen molar-refractivity contribution in [3.8, 4) is 0 Å². The smallest absolute Gasteiger partial charge is 0.335 e. The fourth-order valence-electron chi connectivity index (χ4n) is 1.66. The molecule has 0 fully saturated rings. The average molecular weight is 219 g/mol. The van der Waals surface area contributed by atoms with Crippen LogP contribution >= 0.6 is 0 Å². The molecule has 86 valence electrons. The van der Waals surface area contributed by atoms with Gasteiger partial charge in [0.1, 0.15) is 0 Å². The van der Waals surface area contributed by atoms with Gasteiger partial charge in [-0.2, -0.15) is 0 Å². The molecule has 0 amide bonds. The van der Waals surface area contributed by atoms with Crippen LogP contribution in [0.15, 0.2) is 30.9 Å². The highest BCUT2D eigenvalue weighted by molar-refractivity contribution is 5.89. The highest BCUT2D eigenvalue weighted by Crippen LogP contribution is 2.19. The summed E-state index contributed by atoms with van der Waals surface area (Å²) in [5.41, 5.74) is 2.18. The van der Waals surface area contributed by atoms with Gasteiger partial charge in [0.15, 0.2) is 0 Å². The number of carboxylic acids is 1. The normalized spacial score (nSPS) is 9.88. The number of benzene rings is 1. The molecule has 0 radical (unpaired) electrons. The minimum absolute atomic E-state index is 0.360. The lowest BCUT2D eigenvalue weighted by Crippen LogP contribution is -2.22. The topological polar surface area (TPSA) is 40.5 Å². The summed E-state index contributed by atoms with van der Waals surface area (Å²) in [5.74, 6) is -0.879. The van der Waals surface area contributed by atoms with Gasteiger partial charge in [0, 0.05) is 18.8 Å². The molecule has 0 saturated carbocycles. The fourth-order valence-corrected chi connectivity index (χ4v) is 1.66. The molecule has 1 rings (SSSR count). The van der Waals surface area contributed by atoms with Crippen LogP contribution in [0.4, 0.5) is 5.69 Å². The minimum Gasteiger partial charge on any atom is -0.478 e. The van der Waals surface area contributed by atoms with Gasteiger partial charge in [-0.05, 0) is 37.6 Å². The van der Waals surface area contributed by atoms with Crippen LogP contribution in [-0.4, -0.2) is 24.2 Å². The second-order valence-corrected chi connectivity index (χ2v) is 3.63. The fraction of sp³-hybridized carbons (Fsp3) is 0.308. The van der Waals surface area contributed by atoms with Crippen molar-refractivity contribution in [3.63, 3.8) is 0 Å². The predicted octanol–water partition coefficient (Wildman–Crippen LogP) is 2.71. The molecule has 0 bridgehead atoms. The molecule has 0 aliphatic heterocycles. The quantitative estimate of drug-likeness (QED) is 0.774. The Morgan fingerprint density at radius 3 is 2.69 bits per heavy atom. The molecule has 1 aromatic rings. The molecule has 1 aromatic carbocycles. The van der Waals surface area contributed by atoms with E-state index >= 15 is 0 Å². The SMILES string of the molecule is C=CCN(CC)c1ccc(C(=O)O)c(C)c1. The number of aromatic carboxylic acids is 1. The van der Waals surface area contributed by atoms with E-state index in [0.717, 1.165) is 24.3 Å². The summed E-state index contributed by atoms with van der Waals surface area (Å²) in [7, 11) is 0. The van der Waals surface area contributed by atoms with Gasteiger partial charge < -0.3 is 10.0 Å². The zero-order chi connectivity index (χ0) is 12.1. The molecule has 3 heteroatoms. The number of rotatable bonds is 5. The van der Waals surface area contributed by atoms with E-state index in [4.69, 9.17) is 5.11 Å². The van der Waals surface area contributed by atoms with Crippen LogP contribution in [0.2, 0.25) is 0 Å². The Morgan fingerprint density at radius 1 is 1.56 bits per heavy atom. The van der Waals surface area contributed by atoms with E-state index in [2.05, 4.69) is 18.4 Å². The average Bonchev–Trinajstić information content (AvgIpc) is 2.25. The maximum atomic E-state index is 10.9. The van der Waals surface area contributed by atoms with Gasteiger partial charge in [0.25, 0.3) is 0 Å². The van der Waals surface area contributed by atoms with E-state index in [0.29, 0.717) is 5.56 Å². The lowest BCUT2D eigenvalue weighted by molar-refractivity contribution is 0.0696. The molecule has 3 nitrogen and oxygen atoms in total. The van der Waals surface area contributed by atoms with E-state index in [9.17, 15) is 4.79 Å². The molecule has 16 heavy (non-hydrogen) atoms. The Kier molecular flexibility index (Phi) is 4.11. The van der Waals surface area contributed by atoms with E-state index < -0.39 is 5.97 Å². The minimum atomic E-state index is -0.879. The van der Waals surface area contributed by atoms with E-state index in [1.165, 1.54) is 0 Å². The highest BCUT2D eigenvalue weighted by atomic mass is 16.4. The van der Waals surface area contributed by atoms with Crippen molar-refractivity contribution >= 4 is 11.7 Å². The molecular weight excluding hydrogens is 202 g/mol. The van der Waals surface area contributed by atoms with Crippen LogP contribution in [0.1, 0.15) is 22.8 Å². The maximum absolute atomic E-state index is 10.9. The first-order chi connectivity index (χ1) is 7.60. The third-order valence-electron chi connectivity index (χ3n) is 2.54. The van der Waals surface area contributed by atoms with Gasteiger partial charge in [-0.25, -0.2) is 4.79 Å². The number of hydrogen-bond donors (Lipinski definition) is 1. The maximum Gasteiger partial charge on any atom is 0.335 e. The van der Waals surface area contributed by atoms with Crippen LogP contribution in [0.3, 0.4) is 0 Å². The molecule has 0 aliphatic rings. The zero-order valence-electron chi connectivity index (χ0n) is 9.73. The van der Waals surface area contributed by atoms with Gasteiger partial charge in [0.2, 0.25) is 0 Å². The van der Waals surface area contributed by atoms with Crippen molar-refractivity contribution < 1.29 is 9.90 Å². The van der Waals surface area contributed by atoms with Crippen molar-refractivity contribution in [2.75, 3.05) is 18.0 Å². The Hall–Kier alpha value is -1.77. The van der Waals surface area contributed by atoms with Gasteiger partial charge >= 0.3 is 5.97 Å². The van der Waals surface area contributed by atoms with Crippen LogP contribution in [0.5, 0.6) is 0 Å². The number of aryl methyl sites for hydroxylation is 1. The van der Waals surface area contributed by atoms with Gasteiger partial charge in [-0.3, -0.25) is 0 Å².